The van der Waals surface area contributed by atoms with E-state index in [-0.39, 0.29) is 29.4 Å². The number of likely N-dealkylation sites (tertiary alicyclic amines) is 1. The second kappa shape index (κ2) is 10.6. The number of rotatable bonds is 6. The number of carbonyl (C=O) groups excluding carboxylic acids is 2. The molecule has 2 fully saturated rings. The summed E-state index contributed by atoms with van der Waals surface area (Å²) >= 11 is 1.35. The zero-order valence-corrected chi connectivity index (χ0v) is 20.1. The highest BCUT2D eigenvalue weighted by atomic mass is 32.2. The molecule has 1 unspecified atom stereocenters. The van der Waals surface area contributed by atoms with Crippen molar-refractivity contribution >= 4 is 23.6 Å². The molecule has 1 atom stereocenters. The molecule has 178 valence electrons. The normalized spacial score (nSPS) is 18.4. The maximum Gasteiger partial charge on any atom is 0.233 e. The first-order valence-electron chi connectivity index (χ1n) is 11.6. The Morgan fingerprint density at radius 3 is 2.24 bits per heavy atom. The van der Waals surface area contributed by atoms with Crippen LogP contribution in [0.25, 0.3) is 5.69 Å². The number of hydrogen-bond acceptors (Lipinski definition) is 6. The van der Waals surface area contributed by atoms with E-state index in [9.17, 15) is 14.0 Å². The van der Waals surface area contributed by atoms with Crippen molar-refractivity contribution in [2.24, 2.45) is 0 Å². The number of halogens is 1. The average molecular weight is 475 g/mol. The smallest absolute Gasteiger partial charge is 0.233 e. The van der Waals surface area contributed by atoms with E-state index >= 15 is 0 Å². The Labute approximate surface area is 198 Å². The van der Waals surface area contributed by atoms with Gasteiger partial charge in [-0.15, -0.1) is 10.2 Å². The Hall–Kier alpha value is -2.46. The van der Waals surface area contributed by atoms with E-state index in [2.05, 4.69) is 22.0 Å². The number of hydrogen-bond donors (Lipinski definition) is 0. The number of aromatic nitrogens is 3. The molecule has 0 radical (unpaired) electrons. The van der Waals surface area contributed by atoms with Gasteiger partial charge in [-0.1, -0.05) is 18.2 Å². The van der Waals surface area contributed by atoms with Gasteiger partial charge < -0.3 is 9.80 Å². The van der Waals surface area contributed by atoms with Gasteiger partial charge in [0.15, 0.2) is 11.0 Å². The van der Waals surface area contributed by atoms with Crippen LogP contribution >= 0.6 is 11.8 Å². The minimum Gasteiger partial charge on any atom is -0.339 e. The quantitative estimate of drug-likeness (QED) is 0.600. The minimum absolute atomic E-state index is 0.0162. The molecule has 2 amide bonds. The van der Waals surface area contributed by atoms with Crippen LogP contribution in [-0.2, 0) is 9.59 Å². The summed E-state index contributed by atoms with van der Waals surface area (Å²) in [4.78, 5) is 30.3. The molecule has 0 bridgehead atoms. The SMILES string of the molecule is CC(=O)N1CCN(C(=O)CSc2nnc(C(C)N3CCCCC3)n2-c2ccc(F)cc2)CC1. The molecule has 10 heteroatoms. The van der Waals surface area contributed by atoms with Crippen LogP contribution in [-0.4, -0.2) is 86.3 Å². The second-order valence-corrected chi connectivity index (χ2v) is 9.54. The summed E-state index contributed by atoms with van der Waals surface area (Å²) in [7, 11) is 0. The van der Waals surface area contributed by atoms with Crippen molar-refractivity contribution in [3.63, 3.8) is 0 Å². The van der Waals surface area contributed by atoms with Gasteiger partial charge in [0.05, 0.1) is 11.8 Å². The van der Waals surface area contributed by atoms with Crippen LogP contribution in [0.2, 0.25) is 0 Å². The van der Waals surface area contributed by atoms with Crippen LogP contribution < -0.4 is 0 Å². The summed E-state index contributed by atoms with van der Waals surface area (Å²) in [5, 5.41) is 9.53. The average Bonchev–Trinajstić information content (AvgIpc) is 3.27. The van der Waals surface area contributed by atoms with E-state index in [0.29, 0.717) is 31.3 Å². The van der Waals surface area contributed by atoms with E-state index in [4.69, 9.17) is 0 Å². The number of carbonyl (C=O) groups is 2. The lowest BCUT2D eigenvalue weighted by molar-refractivity contribution is -0.136. The molecule has 2 saturated heterocycles. The Morgan fingerprint density at radius 2 is 1.61 bits per heavy atom. The van der Waals surface area contributed by atoms with Gasteiger partial charge in [-0.05, 0) is 57.1 Å². The van der Waals surface area contributed by atoms with Gasteiger partial charge in [-0.3, -0.25) is 19.1 Å². The Morgan fingerprint density at radius 1 is 0.970 bits per heavy atom. The van der Waals surface area contributed by atoms with Gasteiger partial charge in [-0.25, -0.2) is 4.39 Å². The lowest BCUT2D eigenvalue weighted by atomic mass is 10.1. The molecule has 33 heavy (non-hydrogen) atoms. The highest BCUT2D eigenvalue weighted by Gasteiger charge is 2.27. The lowest BCUT2D eigenvalue weighted by Crippen LogP contribution is -2.50. The molecule has 1 aromatic heterocycles. The molecule has 8 nitrogen and oxygen atoms in total. The molecule has 1 aromatic carbocycles. The summed E-state index contributed by atoms with van der Waals surface area (Å²) in [5.74, 6) is 0.791. The van der Waals surface area contributed by atoms with Gasteiger partial charge >= 0.3 is 0 Å². The molecule has 0 saturated carbocycles. The fourth-order valence-corrected chi connectivity index (χ4v) is 5.30. The van der Waals surface area contributed by atoms with Crippen molar-refractivity contribution in [1.82, 2.24) is 29.5 Å². The number of piperidine rings is 1. The zero-order valence-electron chi connectivity index (χ0n) is 19.2. The summed E-state index contributed by atoms with van der Waals surface area (Å²) in [6.07, 6.45) is 3.59. The first-order chi connectivity index (χ1) is 15.9. The van der Waals surface area contributed by atoms with Crippen molar-refractivity contribution in [2.45, 2.75) is 44.3 Å². The van der Waals surface area contributed by atoms with Crippen LogP contribution in [0, 0.1) is 5.82 Å². The van der Waals surface area contributed by atoms with E-state index in [1.807, 2.05) is 4.57 Å². The maximum absolute atomic E-state index is 13.6. The molecule has 2 aliphatic rings. The van der Waals surface area contributed by atoms with Crippen LogP contribution in [0.4, 0.5) is 4.39 Å². The van der Waals surface area contributed by atoms with Crippen molar-refractivity contribution in [3.05, 3.63) is 35.9 Å². The maximum atomic E-state index is 13.6. The van der Waals surface area contributed by atoms with Crippen molar-refractivity contribution < 1.29 is 14.0 Å². The molecular weight excluding hydrogens is 443 g/mol. The van der Waals surface area contributed by atoms with E-state index in [1.54, 1.807) is 28.9 Å². The first-order valence-corrected chi connectivity index (χ1v) is 12.5. The fraction of sp³-hybridized carbons (Fsp3) is 0.565. The topological polar surface area (TPSA) is 74.6 Å². The molecule has 4 rings (SSSR count). The molecule has 3 heterocycles. The number of nitrogens with zero attached hydrogens (tertiary/aromatic N) is 6. The number of amides is 2. The van der Waals surface area contributed by atoms with Gasteiger partial charge in [0, 0.05) is 38.8 Å². The molecule has 2 aromatic rings. The van der Waals surface area contributed by atoms with Crippen LogP contribution in [0.1, 0.15) is 45.0 Å². The predicted molar refractivity (Wildman–Crippen MR) is 125 cm³/mol. The third-order valence-corrected chi connectivity index (χ3v) is 7.37. The number of piperazine rings is 1. The molecule has 0 aliphatic carbocycles. The van der Waals surface area contributed by atoms with Gasteiger partial charge in [-0.2, -0.15) is 0 Å². The Kier molecular flexibility index (Phi) is 7.64. The standard InChI is InChI=1S/C23H31FN6O2S/c1-17(27-10-4-3-5-11-27)22-25-26-23(30(22)20-8-6-19(24)7-9-20)33-16-21(32)29-14-12-28(13-15-29)18(2)31/h6-9,17H,3-5,10-16H2,1-2H3. The molecule has 2 aliphatic heterocycles. The molecular formula is C23H31FN6O2S. The highest BCUT2D eigenvalue weighted by Crippen LogP contribution is 2.29. The molecule has 0 N–H and O–H groups in total. The second-order valence-electron chi connectivity index (χ2n) is 8.60. The fourth-order valence-electron chi connectivity index (χ4n) is 4.44. The van der Waals surface area contributed by atoms with Gasteiger partial charge in [0.1, 0.15) is 5.82 Å². The van der Waals surface area contributed by atoms with Gasteiger partial charge in [0.25, 0.3) is 0 Å². The first kappa shape index (κ1) is 23.7. The summed E-state index contributed by atoms with van der Waals surface area (Å²) in [6.45, 7) is 7.93. The largest absolute Gasteiger partial charge is 0.339 e. The number of thioether (sulfide) groups is 1. The number of benzene rings is 1. The van der Waals surface area contributed by atoms with Crippen LogP contribution in [0.3, 0.4) is 0 Å². The highest BCUT2D eigenvalue weighted by molar-refractivity contribution is 7.99. The minimum atomic E-state index is -0.300. The lowest BCUT2D eigenvalue weighted by Gasteiger charge is -2.34. The monoisotopic (exact) mass is 474 g/mol. The summed E-state index contributed by atoms with van der Waals surface area (Å²) in [5.41, 5.74) is 0.783. The summed E-state index contributed by atoms with van der Waals surface area (Å²) < 4.78 is 15.5. The Bertz CT molecular complexity index is 968. The van der Waals surface area contributed by atoms with Crippen molar-refractivity contribution in [1.29, 1.82) is 0 Å². The summed E-state index contributed by atoms with van der Waals surface area (Å²) in [6, 6.07) is 6.36. The van der Waals surface area contributed by atoms with Crippen molar-refractivity contribution in [2.75, 3.05) is 45.0 Å². The third-order valence-electron chi connectivity index (χ3n) is 6.46. The van der Waals surface area contributed by atoms with Crippen molar-refractivity contribution in [3.8, 4) is 5.69 Å². The van der Waals surface area contributed by atoms with E-state index in [0.717, 1.165) is 24.6 Å². The van der Waals surface area contributed by atoms with E-state index < -0.39 is 0 Å². The third kappa shape index (κ3) is 5.55. The van der Waals surface area contributed by atoms with Gasteiger partial charge in [0.2, 0.25) is 11.8 Å². The molecule has 0 spiro atoms. The van der Waals surface area contributed by atoms with Crippen LogP contribution in [0.5, 0.6) is 0 Å². The van der Waals surface area contributed by atoms with E-state index in [1.165, 1.54) is 43.2 Å². The predicted octanol–water partition coefficient (Wildman–Crippen LogP) is 2.74. The van der Waals surface area contributed by atoms with Crippen LogP contribution in [0.15, 0.2) is 29.4 Å². The Balaban J connectivity index is 1.50. The zero-order chi connectivity index (χ0) is 23.4.